The molecule has 0 aliphatic rings. The van der Waals surface area contributed by atoms with Gasteiger partial charge >= 0.3 is 0 Å². The summed E-state index contributed by atoms with van der Waals surface area (Å²) in [7, 11) is 4.14. The zero-order valence-corrected chi connectivity index (χ0v) is 13.0. The van der Waals surface area contributed by atoms with Gasteiger partial charge in [0.15, 0.2) is 0 Å². The first-order valence-corrected chi connectivity index (χ1v) is 6.89. The Morgan fingerprint density at radius 3 is 2.00 bits per heavy atom. The number of hydrogen-bond acceptors (Lipinski definition) is 2. The maximum atomic E-state index is 4.10. The van der Waals surface area contributed by atoms with E-state index in [1.807, 2.05) is 6.92 Å². The lowest BCUT2D eigenvalue weighted by molar-refractivity contribution is 0.409. The molecule has 108 valence electrons. The molecule has 0 aromatic carbocycles. The Hall–Kier alpha value is -1.28. The van der Waals surface area contributed by atoms with Crippen molar-refractivity contribution < 1.29 is 0 Å². The standard InChI is InChI=1S/C17H30N2/c1-14(2)8-9-15(3)16(4)10-12-18-17(5)11-13-19(6)7/h18H,1,3-5,8-13H2,2,6-7H3. The molecular weight excluding hydrogens is 232 g/mol. The first-order valence-electron chi connectivity index (χ1n) is 6.89. The third-order valence-electron chi connectivity index (χ3n) is 3.02. The molecule has 0 aromatic rings. The Balaban J connectivity index is 3.76. The molecule has 0 saturated carbocycles. The van der Waals surface area contributed by atoms with Crippen molar-refractivity contribution in [3.63, 3.8) is 0 Å². The number of nitrogens with one attached hydrogen (secondary N) is 1. The van der Waals surface area contributed by atoms with E-state index < -0.39 is 0 Å². The van der Waals surface area contributed by atoms with Gasteiger partial charge in [-0.2, -0.15) is 0 Å². The minimum absolute atomic E-state index is 0.886. The summed E-state index contributed by atoms with van der Waals surface area (Å²) in [6, 6.07) is 0. The van der Waals surface area contributed by atoms with Gasteiger partial charge in [0.05, 0.1) is 0 Å². The van der Waals surface area contributed by atoms with Gasteiger partial charge in [-0.15, -0.1) is 6.58 Å². The molecule has 0 amide bonds. The Bertz CT molecular complexity index is 337. The van der Waals surface area contributed by atoms with Gasteiger partial charge < -0.3 is 10.2 Å². The van der Waals surface area contributed by atoms with Gasteiger partial charge in [0.25, 0.3) is 0 Å². The van der Waals surface area contributed by atoms with Gasteiger partial charge in [-0.05, 0) is 46.7 Å². The second-order valence-corrected chi connectivity index (χ2v) is 5.50. The number of allylic oxidation sites excluding steroid dienone is 2. The lowest BCUT2D eigenvalue weighted by Crippen LogP contribution is -2.20. The van der Waals surface area contributed by atoms with Gasteiger partial charge in [0, 0.05) is 18.8 Å². The van der Waals surface area contributed by atoms with E-state index in [1.165, 1.54) is 5.57 Å². The molecule has 2 heteroatoms. The largest absolute Gasteiger partial charge is 0.388 e. The highest BCUT2D eigenvalue weighted by molar-refractivity contribution is 5.26. The molecule has 1 N–H and O–H groups in total. The fourth-order valence-corrected chi connectivity index (χ4v) is 1.55. The molecule has 0 spiro atoms. The van der Waals surface area contributed by atoms with Crippen molar-refractivity contribution in [3.8, 4) is 0 Å². The zero-order valence-electron chi connectivity index (χ0n) is 13.0. The monoisotopic (exact) mass is 262 g/mol. The van der Waals surface area contributed by atoms with Crippen LogP contribution in [0.2, 0.25) is 0 Å². The highest BCUT2D eigenvalue weighted by atomic mass is 15.1. The smallest absolute Gasteiger partial charge is 0.0184 e. The van der Waals surface area contributed by atoms with Gasteiger partial charge in [0.1, 0.15) is 0 Å². The van der Waals surface area contributed by atoms with Crippen LogP contribution in [0, 0.1) is 0 Å². The van der Waals surface area contributed by atoms with Crippen molar-refractivity contribution in [2.24, 2.45) is 0 Å². The van der Waals surface area contributed by atoms with Crippen molar-refractivity contribution in [1.82, 2.24) is 10.2 Å². The molecule has 2 nitrogen and oxygen atoms in total. The molecule has 0 radical (unpaired) electrons. The molecule has 0 rings (SSSR count). The predicted octanol–water partition coefficient (Wildman–Crippen LogP) is 3.90. The SMILES string of the molecule is C=C(C)CCC(=C)C(=C)CCNC(=C)CCN(C)C. The summed E-state index contributed by atoms with van der Waals surface area (Å²) in [6.45, 7) is 20.1. The van der Waals surface area contributed by atoms with Crippen LogP contribution in [0.1, 0.15) is 32.6 Å². The number of rotatable bonds is 11. The van der Waals surface area contributed by atoms with Crippen LogP contribution in [0.4, 0.5) is 0 Å². The van der Waals surface area contributed by atoms with E-state index in [4.69, 9.17) is 0 Å². The normalized spacial score (nSPS) is 10.3. The molecular formula is C17H30N2. The average molecular weight is 262 g/mol. The van der Waals surface area contributed by atoms with Crippen molar-refractivity contribution in [2.45, 2.75) is 32.6 Å². The van der Waals surface area contributed by atoms with Crippen molar-refractivity contribution in [1.29, 1.82) is 0 Å². The quantitative estimate of drug-likeness (QED) is 0.449. The van der Waals surface area contributed by atoms with E-state index in [0.717, 1.165) is 55.6 Å². The average Bonchev–Trinajstić information content (AvgIpc) is 2.33. The van der Waals surface area contributed by atoms with E-state index in [2.05, 4.69) is 50.6 Å². The minimum Gasteiger partial charge on any atom is -0.388 e. The lowest BCUT2D eigenvalue weighted by Gasteiger charge is -2.14. The summed E-state index contributed by atoms with van der Waals surface area (Å²) >= 11 is 0. The first kappa shape index (κ1) is 17.7. The fourth-order valence-electron chi connectivity index (χ4n) is 1.55. The topological polar surface area (TPSA) is 15.3 Å². The molecule has 0 heterocycles. The second-order valence-electron chi connectivity index (χ2n) is 5.50. The molecule has 0 aromatic heterocycles. The third kappa shape index (κ3) is 10.3. The Morgan fingerprint density at radius 1 is 0.895 bits per heavy atom. The van der Waals surface area contributed by atoms with Gasteiger partial charge in [0.2, 0.25) is 0 Å². The Morgan fingerprint density at radius 2 is 1.47 bits per heavy atom. The predicted molar refractivity (Wildman–Crippen MR) is 87.3 cm³/mol. The molecule has 19 heavy (non-hydrogen) atoms. The number of nitrogens with zero attached hydrogens (tertiary/aromatic N) is 1. The van der Waals surface area contributed by atoms with Crippen LogP contribution in [-0.2, 0) is 0 Å². The van der Waals surface area contributed by atoms with Crippen LogP contribution in [0.25, 0.3) is 0 Å². The maximum Gasteiger partial charge on any atom is 0.0184 e. The lowest BCUT2D eigenvalue weighted by atomic mass is 10.00. The summed E-state index contributed by atoms with van der Waals surface area (Å²) in [6.07, 6.45) is 3.88. The van der Waals surface area contributed by atoms with Crippen LogP contribution in [0.3, 0.4) is 0 Å². The van der Waals surface area contributed by atoms with Crippen LogP contribution < -0.4 is 5.32 Å². The molecule has 0 unspecified atom stereocenters. The number of hydrogen-bond donors (Lipinski definition) is 1. The zero-order chi connectivity index (χ0) is 14.8. The molecule has 0 aliphatic heterocycles. The van der Waals surface area contributed by atoms with Crippen LogP contribution in [0.15, 0.2) is 48.7 Å². The van der Waals surface area contributed by atoms with Crippen LogP contribution in [-0.4, -0.2) is 32.1 Å². The highest BCUT2D eigenvalue weighted by Gasteiger charge is 2.01. The van der Waals surface area contributed by atoms with Crippen LogP contribution >= 0.6 is 0 Å². The molecule has 0 saturated heterocycles. The first-order chi connectivity index (χ1) is 8.82. The summed E-state index contributed by atoms with van der Waals surface area (Å²) in [4.78, 5) is 2.16. The summed E-state index contributed by atoms with van der Waals surface area (Å²) < 4.78 is 0. The van der Waals surface area contributed by atoms with E-state index in [1.54, 1.807) is 0 Å². The van der Waals surface area contributed by atoms with Gasteiger partial charge in [-0.25, -0.2) is 0 Å². The van der Waals surface area contributed by atoms with Gasteiger partial charge in [-0.1, -0.05) is 36.5 Å². The second kappa shape index (κ2) is 9.62. The van der Waals surface area contributed by atoms with Crippen LogP contribution in [0.5, 0.6) is 0 Å². The van der Waals surface area contributed by atoms with E-state index >= 15 is 0 Å². The van der Waals surface area contributed by atoms with E-state index in [0.29, 0.717) is 0 Å². The van der Waals surface area contributed by atoms with Crippen molar-refractivity contribution in [2.75, 3.05) is 27.2 Å². The summed E-state index contributed by atoms with van der Waals surface area (Å²) in [5.74, 6) is 0. The highest BCUT2D eigenvalue weighted by Crippen LogP contribution is 2.17. The molecule has 0 fully saturated rings. The molecule has 0 bridgehead atoms. The summed E-state index contributed by atoms with van der Waals surface area (Å²) in [5, 5.41) is 3.35. The Labute approximate surface area is 119 Å². The molecule has 0 aliphatic carbocycles. The maximum absolute atomic E-state index is 4.10. The van der Waals surface area contributed by atoms with Gasteiger partial charge in [-0.3, -0.25) is 0 Å². The fraction of sp³-hybridized carbons (Fsp3) is 0.529. The van der Waals surface area contributed by atoms with Crippen molar-refractivity contribution in [3.05, 3.63) is 48.7 Å². The molecule has 0 atom stereocenters. The Kier molecular flexibility index (Phi) is 8.98. The van der Waals surface area contributed by atoms with Crippen molar-refractivity contribution >= 4 is 0 Å². The summed E-state index contributed by atoms with van der Waals surface area (Å²) in [5.41, 5.74) is 4.57. The van der Waals surface area contributed by atoms with E-state index in [-0.39, 0.29) is 0 Å². The minimum atomic E-state index is 0.886. The van der Waals surface area contributed by atoms with E-state index in [9.17, 15) is 0 Å². The third-order valence-corrected chi connectivity index (χ3v) is 3.02.